The van der Waals surface area contributed by atoms with E-state index in [2.05, 4.69) is 20.3 Å². The predicted octanol–water partition coefficient (Wildman–Crippen LogP) is 6.13. The average Bonchev–Trinajstić information content (AvgIpc) is 3.37. The zero-order valence-corrected chi connectivity index (χ0v) is 17.6. The van der Waals surface area contributed by atoms with Crippen molar-refractivity contribution >= 4 is 33.7 Å². The van der Waals surface area contributed by atoms with Gasteiger partial charge < -0.3 is 4.42 Å². The molecule has 0 radical (unpaired) electrons. The molecule has 0 spiro atoms. The van der Waals surface area contributed by atoms with E-state index >= 15 is 0 Å². The lowest BCUT2D eigenvalue weighted by Gasteiger charge is -2.00. The maximum atomic E-state index is 12.5. The van der Waals surface area contributed by atoms with Gasteiger partial charge in [-0.25, -0.2) is 14.5 Å². The van der Waals surface area contributed by atoms with Crippen LogP contribution in [0.1, 0.15) is 11.4 Å². The lowest BCUT2D eigenvalue weighted by atomic mass is 10.1. The highest BCUT2D eigenvalue weighted by atomic mass is 32.1. The Balaban J connectivity index is 1.51. The van der Waals surface area contributed by atoms with E-state index in [1.54, 1.807) is 16.8 Å². The zero-order chi connectivity index (χ0) is 21.4. The van der Waals surface area contributed by atoms with Crippen LogP contribution in [0.4, 0.5) is 11.4 Å². The molecule has 7 nitrogen and oxygen atoms in total. The third-order valence-corrected chi connectivity index (χ3v) is 5.68. The number of azo groups is 1. The smallest absolute Gasteiger partial charge is 0.345 e. The fourth-order valence-corrected chi connectivity index (χ4v) is 4.12. The van der Waals surface area contributed by atoms with Gasteiger partial charge in [-0.15, -0.1) is 16.5 Å². The molecule has 0 fully saturated rings. The minimum Gasteiger partial charge on any atom is -0.422 e. The highest BCUT2D eigenvalue weighted by molar-refractivity contribution is 7.12. The van der Waals surface area contributed by atoms with Gasteiger partial charge >= 0.3 is 5.63 Å². The van der Waals surface area contributed by atoms with Crippen LogP contribution in [-0.4, -0.2) is 14.8 Å². The number of thiazole rings is 1. The second-order valence-electron chi connectivity index (χ2n) is 6.97. The molecule has 0 unspecified atom stereocenters. The maximum absolute atomic E-state index is 12.5. The summed E-state index contributed by atoms with van der Waals surface area (Å²) in [6, 6.07) is 18.8. The molecule has 0 aliphatic carbocycles. The van der Waals surface area contributed by atoms with Gasteiger partial charge in [-0.2, -0.15) is 10.2 Å². The van der Waals surface area contributed by atoms with E-state index in [1.165, 1.54) is 11.3 Å². The summed E-state index contributed by atoms with van der Waals surface area (Å²) in [5.41, 5.74) is 4.16. The number of nitrogens with zero attached hydrogens (tertiary/aromatic N) is 5. The molecule has 0 aliphatic rings. The van der Waals surface area contributed by atoms with Crippen LogP contribution in [0, 0.1) is 13.8 Å². The minimum absolute atomic E-state index is 0.415. The Labute approximate surface area is 181 Å². The number of aromatic nitrogens is 3. The maximum Gasteiger partial charge on any atom is 0.345 e. The molecule has 0 atom stereocenters. The fraction of sp³-hybridized carbons (Fsp3) is 0.0870. The topological polar surface area (TPSA) is 85.6 Å². The molecule has 5 rings (SSSR count). The van der Waals surface area contributed by atoms with Gasteiger partial charge in [-0.1, -0.05) is 36.4 Å². The number of fused-ring (bicyclic) bond motifs is 1. The molecule has 3 heterocycles. The van der Waals surface area contributed by atoms with Crippen LogP contribution in [0.25, 0.3) is 27.4 Å². The van der Waals surface area contributed by atoms with Crippen LogP contribution < -0.4 is 5.63 Å². The first-order valence-corrected chi connectivity index (χ1v) is 10.5. The van der Waals surface area contributed by atoms with Crippen molar-refractivity contribution in [3.8, 4) is 16.4 Å². The molecule has 0 N–H and O–H groups in total. The average molecular weight is 427 g/mol. The number of hydrogen-bond donors (Lipinski definition) is 0. The molecular weight excluding hydrogens is 410 g/mol. The van der Waals surface area contributed by atoms with Crippen molar-refractivity contribution in [3.05, 3.63) is 87.9 Å². The minimum atomic E-state index is -0.415. The standard InChI is InChI=1S/C23H17N5O2S/c1-14-21(26-25-17-9-4-3-5-10-17)15(2)28(27-14)23-24-19(13-31-23)18-12-16-8-6-7-11-20(16)30-22(18)29/h3-13H,1-2H3. The molecule has 152 valence electrons. The summed E-state index contributed by atoms with van der Waals surface area (Å²) in [7, 11) is 0. The van der Waals surface area contributed by atoms with Gasteiger partial charge in [0.05, 0.1) is 28.3 Å². The Morgan fingerprint density at radius 2 is 1.77 bits per heavy atom. The van der Waals surface area contributed by atoms with Crippen LogP contribution in [0.5, 0.6) is 0 Å². The van der Waals surface area contributed by atoms with Crippen molar-refractivity contribution in [1.29, 1.82) is 0 Å². The van der Waals surface area contributed by atoms with E-state index in [0.29, 0.717) is 27.7 Å². The largest absolute Gasteiger partial charge is 0.422 e. The highest BCUT2D eigenvalue weighted by Crippen LogP contribution is 2.30. The van der Waals surface area contributed by atoms with E-state index in [1.807, 2.05) is 67.8 Å². The summed E-state index contributed by atoms with van der Waals surface area (Å²) in [5, 5.41) is 16.6. The quantitative estimate of drug-likeness (QED) is 0.255. The number of hydrogen-bond acceptors (Lipinski definition) is 7. The normalized spacial score (nSPS) is 11.5. The Kier molecular flexibility index (Phi) is 4.76. The third kappa shape index (κ3) is 3.57. The molecule has 0 saturated carbocycles. The fourth-order valence-electron chi connectivity index (χ4n) is 3.29. The first-order valence-electron chi connectivity index (χ1n) is 9.62. The Morgan fingerprint density at radius 3 is 2.61 bits per heavy atom. The van der Waals surface area contributed by atoms with E-state index < -0.39 is 5.63 Å². The summed E-state index contributed by atoms with van der Waals surface area (Å²) in [6.45, 7) is 3.81. The predicted molar refractivity (Wildman–Crippen MR) is 121 cm³/mol. The summed E-state index contributed by atoms with van der Waals surface area (Å²) in [5.74, 6) is 0. The van der Waals surface area contributed by atoms with Crippen molar-refractivity contribution in [2.75, 3.05) is 0 Å². The van der Waals surface area contributed by atoms with Gasteiger partial charge in [0.1, 0.15) is 11.3 Å². The first kappa shape index (κ1) is 19.1. The molecule has 0 saturated heterocycles. The molecule has 2 aromatic carbocycles. The number of aryl methyl sites for hydroxylation is 1. The van der Waals surface area contributed by atoms with Crippen LogP contribution in [0.2, 0.25) is 0 Å². The van der Waals surface area contributed by atoms with E-state index in [-0.39, 0.29) is 0 Å². The molecule has 5 aromatic rings. The van der Waals surface area contributed by atoms with E-state index in [9.17, 15) is 4.79 Å². The Morgan fingerprint density at radius 1 is 1.00 bits per heavy atom. The number of para-hydroxylation sites is 1. The van der Waals surface area contributed by atoms with Crippen molar-refractivity contribution < 1.29 is 4.42 Å². The van der Waals surface area contributed by atoms with Crippen molar-refractivity contribution in [2.24, 2.45) is 10.2 Å². The van der Waals surface area contributed by atoms with Crippen LogP contribution >= 0.6 is 11.3 Å². The first-order chi connectivity index (χ1) is 15.1. The van der Waals surface area contributed by atoms with Gasteiger partial charge in [0.25, 0.3) is 0 Å². The van der Waals surface area contributed by atoms with Crippen LogP contribution in [-0.2, 0) is 0 Å². The van der Waals surface area contributed by atoms with Gasteiger partial charge in [0.2, 0.25) is 5.13 Å². The van der Waals surface area contributed by atoms with Crippen LogP contribution in [0.15, 0.2) is 85.5 Å². The third-order valence-electron chi connectivity index (χ3n) is 4.87. The molecule has 3 aromatic heterocycles. The number of benzene rings is 2. The molecular formula is C23H17N5O2S. The van der Waals surface area contributed by atoms with E-state index in [0.717, 1.165) is 22.5 Å². The van der Waals surface area contributed by atoms with Gasteiger partial charge in [-0.3, -0.25) is 0 Å². The lowest BCUT2D eigenvalue weighted by molar-refractivity contribution is 0.563. The second-order valence-corrected chi connectivity index (χ2v) is 7.80. The molecule has 8 heteroatoms. The molecule has 0 aliphatic heterocycles. The van der Waals surface area contributed by atoms with E-state index in [4.69, 9.17) is 4.42 Å². The van der Waals surface area contributed by atoms with Crippen molar-refractivity contribution in [2.45, 2.75) is 13.8 Å². The second kappa shape index (κ2) is 7.73. The Bertz CT molecular complexity index is 1480. The van der Waals surface area contributed by atoms with Crippen molar-refractivity contribution in [1.82, 2.24) is 14.8 Å². The summed E-state index contributed by atoms with van der Waals surface area (Å²) >= 11 is 1.40. The van der Waals surface area contributed by atoms with Gasteiger partial charge in [0, 0.05) is 10.8 Å². The summed E-state index contributed by atoms with van der Waals surface area (Å²) in [4.78, 5) is 17.1. The zero-order valence-electron chi connectivity index (χ0n) is 16.8. The SMILES string of the molecule is Cc1nn(-c2nc(-c3cc4ccccc4oc3=O)cs2)c(C)c1N=Nc1ccccc1. The summed E-state index contributed by atoms with van der Waals surface area (Å²) < 4.78 is 7.17. The van der Waals surface area contributed by atoms with Crippen molar-refractivity contribution in [3.63, 3.8) is 0 Å². The molecule has 0 bridgehead atoms. The monoisotopic (exact) mass is 427 g/mol. The summed E-state index contributed by atoms with van der Waals surface area (Å²) in [6.07, 6.45) is 0. The van der Waals surface area contributed by atoms with Crippen LogP contribution in [0.3, 0.4) is 0 Å². The Hall–Kier alpha value is -3.91. The molecule has 31 heavy (non-hydrogen) atoms. The molecule has 0 amide bonds. The highest BCUT2D eigenvalue weighted by Gasteiger charge is 2.17. The lowest BCUT2D eigenvalue weighted by Crippen LogP contribution is -2.03. The van der Waals surface area contributed by atoms with Gasteiger partial charge in [-0.05, 0) is 38.1 Å². The number of rotatable bonds is 4. The van der Waals surface area contributed by atoms with Gasteiger partial charge in [0.15, 0.2) is 0 Å².